The molecule has 1 N–H and O–H groups in total. The van der Waals surface area contributed by atoms with Crippen LogP contribution in [0.4, 0.5) is 5.69 Å². The largest absolute Gasteiger partial charge is 0.497 e. The number of rotatable bonds is 6. The van der Waals surface area contributed by atoms with E-state index >= 15 is 0 Å². The Morgan fingerprint density at radius 2 is 1.90 bits per heavy atom. The molecule has 1 amide bonds. The minimum absolute atomic E-state index is 0.0737. The zero-order valence-corrected chi connectivity index (χ0v) is 19.6. The van der Waals surface area contributed by atoms with E-state index in [1.54, 1.807) is 47.4 Å². The SMILES string of the molecule is COc1ccc(S(=O)(=O)N2CCC(C(=O)Nc3ccc4nc(SC)sc4c3)CC2)cc1. The minimum Gasteiger partial charge on any atom is -0.497 e. The van der Waals surface area contributed by atoms with Crippen LogP contribution in [0.25, 0.3) is 10.2 Å². The molecule has 0 atom stereocenters. The molecule has 2 aromatic carbocycles. The van der Waals surface area contributed by atoms with Gasteiger partial charge in [0, 0.05) is 24.7 Å². The minimum atomic E-state index is -3.58. The van der Waals surface area contributed by atoms with Gasteiger partial charge in [-0.15, -0.1) is 11.3 Å². The van der Waals surface area contributed by atoms with Crippen molar-refractivity contribution in [1.82, 2.24) is 9.29 Å². The Morgan fingerprint density at radius 1 is 1.19 bits per heavy atom. The molecule has 10 heteroatoms. The molecule has 1 aliphatic heterocycles. The Labute approximate surface area is 189 Å². The van der Waals surface area contributed by atoms with Crippen LogP contribution < -0.4 is 10.1 Å². The van der Waals surface area contributed by atoms with E-state index in [-0.39, 0.29) is 16.7 Å². The van der Waals surface area contributed by atoms with E-state index in [4.69, 9.17) is 4.74 Å². The van der Waals surface area contributed by atoms with Gasteiger partial charge in [-0.2, -0.15) is 4.31 Å². The maximum atomic E-state index is 12.9. The number of hydrogen-bond acceptors (Lipinski definition) is 7. The van der Waals surface area contributed by atoms with E-state index in [2.05, 4.69) is 10.3 Å². The Bertz CT molecular complexity index is 1180. The van der Waals surface area contributed by atoms with Crippen molar-refractivity contribution in [2.75, 3.05) is 31.8 Å². The number of thiazole rings is 1. The summed E-state index contributed by atoms with van der Waals surface area (Å²) in [5, 5.41) is 2.98. The zero-order chi connectivity index (χ0) is 22.0. The van der Waals surface area contributed by atoms with Crippen molar-refractivity contribution in [3.05, 3.63) is 42.5 Å². The zero-order valence-electron chi connectivity index (χ0n) is 17.2. The number of piperidine rings is 1. The summed E-state index contributed by atoms with van der Waals surface area (Å²) < 4.78 is 34.3. The number of methoxy groups -OCH3 is 1. The van der Waals surface area contributed by atoms with Crippen LogP contribution in [-0.4, -0.2) is 50.1 Å². The van der Waals surface area contributed by atoms with Gasteiger partial charge in [-0.1, -0.05) is 11.8 Å². The van der Waals surface area contributed by atoms with Crippen molar-refractivity contribution >= 4 is 54.9 Å². The van der Waals surface area contributed by atoms with E-state index < -0.39 is 10.0 Å². The fraction of sp³-hybridized carbons (Fsp3) is 0.333. The fourth-order valence-electron chi connectivity index (χ4n) is 3.57. The number of benzene rings is 2. The predicted molar refractivity (Wildman–Crippen MR) is 125 cm³/mol. The van der Waals surface area contributed by atoms with Gasteiger partial charge in [0.25, 0.3) is 0 Å². The van der Waals surface area contributed by atoms with Gasteiger partial charge >= 0.3 is 0 Å². The number of nitrogens with one attached hydrogen (secondary N) is 1. The summed E-state index contributed by atoms with van der Waals surface area (Å²) >= 11 is 3.20. The summed E-state index contributed by atoms with van der Waals surface area (Å²) in [6, 6.07) is 12.1. The number of amides is 1. The molecule has 1 saturated heterocycles. The van der Waals surface area contributed by atoms with Crippen LogP contribution in [0.1, 0.15) is 12.8 Å². The van der Waals surface area contributed by atoms with Gasteiger partial charge in [0.15, 0.2) is 4.34 Å². The summed E-state index contributed by atoms with van der Waals surface area (Å²) in [5.41, 5.74) is 1.66. The lowest BCUT2D eigenvalue weighted by atomic mass is 9.97. The van der Waals surface area contributed by atoms with Crippen molar-refractivity contribution in [1.29, 1.82) is 0 Å². The van der Waals surface area contributed by atoms with Gasteiger partial charge in [-0.25, -0.2) is 13.4 Å². The van der Waals surface area contributed by atoms with Gasteiger partial charge in [0.05, 0.1) is 22.2 Å². The van der Waals surface area contributed by atoms with E-state index in [0.29, 0.717) is 31.7 Å². The number of hydrogen-bond donors (Lipinski definition) is 1. The first-order chi connectivity index (χ1) is 14.9. The maximum absolute atomic E-state index is 12.9. The lowest BCUT2D eigenvalue weighted by molar-refractivity contribution is -0.120. The van der Waals surface area contributed by atoms with Crippen molar-refractivity contribution in [2.45, 2.75) is 22.1 Å². The molecule has 1 fully saturated rings. The first-order valence-corrected chi connectivity index (χ1v) is 13.3. The summed E-state index contributed by atoms with van der Waals surface area (Å²) in [7, 11) is -2.04. The Balaban J connectivity index is 1.38. The van der Waals surface area contributed by atoms with Crippen molar-refractivity contribution in [3.63, 3.8) is 0 Å². The van der Waals surface area contributed by atoms with Gasteiger partial charge in [0.2, 0.25) is 15.9 Å². The summed E-state index contributed by atoms with van der Waals surface area (Å²) in [5.74, 6) is 0.312. The van der Waals surface area contributed by atoms with Crippen LogP contribution in [0, 0.1) is 5.92 Å². The van der Waals surface area contributed by atoms with Crippen LogP contribution in [-0.2, 0) is 14.8 Å². The molecule has 31 heavy (non-hydrogen) atoms. The summed E-state index contributed by atoms with van der Waals surface area (Å²) in [6.07, 6.45) is 2.96. The van der Waals surface area contributed by atoms with Gasteiger partial charge in [0.1, 0.15) is 5.75 Å². The monoisotopic (exact) mass is 477 g/mol. The molecule has 0 spiro atoms. The number of carbonyl (C=O) groups is 1. The molecule has 0 unspecified atom stereocenters. The third kappa shape index (κ3) is 4.72. The number of carbonyl (C=O) groups excluding carboxylic acids is 1. The first kappa shape index (κ1) is 22.1. The van der Waals surface area contributed by atoms with Crippen molar-refractivity contribution < 1.29 is 17.9 Å². The highest BCUT2D eigenvalue weighted by atomic mass is 32.2. The van der Waals surface area contributed by atoms with Crippen LogP contribution in [0.2, 0.25) is 0 Å². The average Bonchev–Trinajstić information content (AvgIpc) is 3.21. The van der Waals surface area contributed by atoms with E-state index in [0.717, 1.165) is 20.2 Å². The van der Waals surface area contributed by atoms with Gasteiger partial charge in [-0.05, 0) is 61.6 Å². The number of anilines is 1. The molecule has 164 valence electrons. The Hall–Kier alpha value is -2.14. The van der Waals surface area contributed by atoms with Crippen LogP contribution in [0.5, 0.6) is 5.75 Å². The maximum Gasteiger partial charge on any atom is 0.243 e. The molecule has 1 aliphatic rings. The van der Waals surface area contributed by atoms with Crippen LogP contribution >= 0.6 is 23.1 Å². The normalized spacial score (nSPS) is 15.8. The molecule has 0 bridgehead atoms. The third-order valence-corrected chi connectivity index (χ3v) is 9.25. The quantitative estimate of drug-likeness (QED) is 0.539. The molecule has 0 aliphatic carbocycles. The summed E-state index contributed by atoms with van der Waals surface area (Å²) in [4.78, 5) is 17.5. The Kier molecular flexibility index (Phi) is 6.52. The molecule has 7 nitrogen and oxygen atoms in total. The fourth-order valence-corrected chi connectivity index (χ4v) is 6.57. The topological polar surface area (TPSA) is 88.6 Å². The van der Waals surface area contributed by atoms with Gasteiger partial charge < -0.3 is 10.1 Å². The van der Waals surface area contributed by atoms with Crippen LogP contribution in [0.15, 0.2) is 51.7 Å². The highest BCUT2D eigenvalue weighted by molar-refractivity contribution is 8.00. The number of ether oxygens (including phenoxy) is 1. The lowest BCUT2D eigenvalue weighted by Crippen LogP contribution is -2.41. The van der Waals surface area contributed by atoms with E-state index in [1.807, 2.05) is 24.5 Å². The van der Waals surface area contributed by atoms with Crippen LogP contribution in [0.3, 0.4) is 0 Å². The summed E-state index contributed by atoms with van der Waals surface area (Å²) in [6.45, 7) is 0.634. The second-order valence-electron chi connectivity index (χ2n) is 7.21. The molecule has 2 heterocycles. The second kappa shape index (κ2) is 9.15. The molecule has 0 radical (unpaired) electrons. The average molecular weight is 478 g/mol. The van der Waals surface area contributed by atoms with E-state index in [9.17, 15) is 13.2 Å². The van der Waals surface area contributed by atoms with Gasteiger partial charge in [-0.3, -0.25) is 4.79 Å². The number of sulfonamides is 1. The lowest BCUT2D eigenvalue weighted by Gasteiger charge is -2.30. The number of nitrogens with zero attached hydrogens (tertiary/aromatic N) is 2. The van der Waals surface area contributed by atoms with E-state index in [1.165, 1.54) is 11.4 Å². The smallest absolute Gasteiger partial charge is 0.243 e. The number of fused-ring (bicyclic) bond motifs is 1. The van der Waals surface area contributed by atoms with Crippen molar-refractivity contribution in [3.8, 4) is 5.75 Å². The number of thioether (sulfide) groups is 1. The first-order valence-electron chi connectivity index (χ1n) is 9.80. The highest BCUT2D eigenvalue weighted by Crippen LogP contribution is 2.31. The third-order valence-electron chi connectivity index (χ3n) is 5.33. The predicted octanol–water partition coefficient (Wildman–Crippen LogP) is 4.07. The molecule has 3 aromatic rings. The molecular formula is C21H23N3O4S3. The second-order valence-corrected chi connectivity index (χ2v) is 11.2. The molecular weight excluding hydrogens is 454 g/mol. The molecule has 4 rings (SSSR count). The molecule has 0 saturated carbocycles. The number of aromatic nitrogens is 1. The molecule has 1 aromatic heterocycles. The Morgan fingerprint density at radius 3 is 2.55 bits per heavy atom. The standard InChI is InChI=1S/C21H23N3O4S3/c1-28-16-4-6-17(7-5-16)31(26,27)24-11-9-14(10-12-24)20(25)22-15-3-8-18-19(13-15)30-21(23-18)29-2/h3-8,13-14H,9-12H2,1-2H3,(H,22,25). The highest BCUT2D eigenvalue weighted by Gasteiger charge is 2.32. The van der Waals surface area contributed by atoms with Crippen molar-refractivity contribution in [2.24, 2.45) is 5.92 Å².